The number of hydrogen-bond donors (Lipinski definition) is 1. The molecule has 0 aliphatic rings. The molecule has 2 N–H and O–H groups in total. The van der Waals surface area contributed by atoms with Gasteiger partial charge in [0.1, 0.15) is 5.82 Å². The minimum absolute atomic E-state index is 0.268. The zero-order valence-corrected chi connectivity index (χ0v) is 8.07. The van der Waals surface area contributed by atoms with E-state index in [4.69, 9.17) is 5.73 Å². The van der Waals surface area contributed by atoms with Gasteiger partial charge in [0.25, 0.3) is 0 Å². The molecule has 0 saturated carbocycles. The minimum Gasteiger partial charge on any atom is -0.326 e. The average molecular weight is 230 g/mol. The molecule has 0 heterocycles. The Labute approximate surface area is 79.2 Å². The van der Waals surface area contributed by atoms with E-state index in [9.17, 15) is 4.39 Å². The monoisotopic (exact) mass is 229 g/mol. The number of hydrogen-bond acceptors (Lipinski definition) is 1. The average Bonchev–Trinajstić information content (AvgIpc) is 2.03. The molecule has 64 valence electrons. The largest absolute Gasteiger partial charge is 0.326 e. The molecule has 1 nitrogen and oxygen atoms in total. The molecule has 0 saturated heterocycles. The summed E-state index contributed by atoms with van der Waals surface area (Å²) in [5, 5.41) is 0. The van der Waals surface area contributed by atoms with E-state index in [1.807, 2.05) is 0 Å². The van der Waals surface area contributed by atoms with E-state index in [0.29, 0.717) is 11.0 Å². The molecule has 1 rings (SSSR count). The van der Waals surface area contributed by atoms with Crippen LogP contribution in [0.5, 0.6) is 0 Å². The first-order chi connectivity index (χ1) is 5.65. The highest BCUT2D eigenvalue weighted by molar-refractivity contribution is 9.10. The van der Waals surface area contributed by atoms with Gasteiger partial charge in [0.15, 0.2) is 0 Å². The lowest BCUT2D eigenvalue weighted by atomic mass is 10.1. The molecular weight excluding hydrogens is 221 g/mol. The number of benzene rings is 1. The molecule has 0 aliphatic carbocycles. The van der Waals surface area contributed by atoms with Crippen molar-refractivity contribution in [3.8, 4) is 0 Å². The maximum absolute atomic E-state index is 12.6. The predicted molar refractivity (Wildman–Crippen MR) is 52.2 cm³/mol. The Balaban J connectivity index is 3.09. The maximum atomic E-state index is 12.6. The van der Waals surface area contributed by atoms with E-state index in [1.54, 1.807) is 6.07 Å². The number of halogens is 2. The lowest BCUT2D eigenvalue weighted by Gasteiger charge is -2.04. The Morgan fingerprint density at radius 1 is 1.58 bits per heavy atom. The van der Waals surface area contributed by atoms with Crippen LogP contribution < -0.4 is 5.73 Å². The molecule has 0 atom stereocenters. The number of rotatable bonds is 2. The van der Waals surface area contributed by atoms with Crippen molar-refractivity contribution in [2.75, 3.05) is 6.54 Å². The van der Waals surface area contributed by atoms with Crippen LogP contribution >= 0.6 is 15.9 Å². The van der Waals surface area contributed by atoms with E-state index in [-0.39, 0.29) is 5.82 Å². The van der Waals surface area contributed by atoms with E-state index in [1.165, 1.54) is 12.1 Å². The molecule has 0 aromatic heterocycles. The molecule has 0 amide bonds. The number of nitrogens with two attached hydrogens (primary N) is 1. The highest BCUT2D eigenvalue weighted by atomic mass is 79.9. The highest BCUT2D eigenvalue weighted by Crippen LogP contribution is 2.23. The molecule has 0 bridgehead atoms. The third-order valence-electron chi connectivity index (χ3n) is 1.56. The molecule has 0 radical (unpaired) electrons. The van der Waals surface area contributed by atoms with E-state index in [0.717, 1.165) is 11.1 Å². The lowest BCUT2D eigenvalue weighted by molar-refractivity contribution is 0.627. The zero-order valence-electron chi connectivity index (χ0n) is 6.48. The van der Waals surface area contributed by atoms with Crippen LogP contribution in [0.1, 0.15) is 5.56 Å². The SMILES string of the molecule is C=C(CN)c1ccc(F)cc1Br. The van der Waals surface area contributed by atoms with Gasteiger partial charge in [-0.1, -0.05) is 28.6 Å². The van der Waals surface area contributed by atoms with E-state index in [2.05, 4.69) is 22.5 Å². The Morgan fingerprint density at radius 2 is 2.25 bits per heavy atom. The summed E-state index contributed by atoms with van der Waals surface area (Å²) in [5.41, 5.74) is 7.05. The Bertz CT molecular complexity index is 309. The summed E-state index contributed by atoms with van der Waals surface area (Å²) in [6, 6.07) is 4.45. The van der Waals surface area contributed by atoms with Gasteiger partial charge in [0.2, 0.25) is 0 Å². The second kappa shape index (κ2) is 3.83. The molecule has 12 heavy (non-hydrogen) atoms. The van der Waals surface area contributed by atoms with Crippen molar-refractivity contribution < 1.29 is 4.39 Å². The van der Waals surface area contributed by atoms with Crippen molar-refractivity contribution in [1.82, 2.24) is 0 Å². The molecule has 1 aromatic rings. The first-order valence-electron chi connectivity index (χ1n) is 3.48. The lowest BCUT2D eigenvalue weighted by Crippen LogP contribution is -2.01. The van der Waals surface area contributed by atoms with Gasteiger partial charge in [-0.15, -0.1) is 0 Å². The smallest absolute Gasteiger partial charge is 0.124 e. The summed E-state index contributed by atoms with van der Waals surface area (Å²) in [4.78, 5) is 0. The second-order valence-electron chi connectivity index (χ2n) is 2.43. The van der Waals surface area contributed by atoms with Gasteiger partial charge >= 0.3 is 0 Å². The van der Waals surface area contributed by atoms with Crippen LogP contribution in [0.2, 0.25) is 0 Å². The van der Waals surface area contributed by atoms with Gasteiger partial charge in [-0.2, -0.15) is 0 Å². The van der Waals surface area contributed by atoms with Gasteiger partial charge in [0, 0.05) is 11.0 Å². The van der Waals surface area contributed by atoms with Crippen LogP contribution in [0.25, 0.3) is 5.57 Å². The second-order valence-corrected chi connectivity index (χ2v) is 3.29. The fourth-order valence-corrected chi connectivity index (χ4v) is 1.52. The summed E-state index contributed by atoms with van der Waals surface area (Å²) in [7, 11) is 0. The summed E-state index contributed by atoms with van der Waals surface area (Å²) < 4.78 is 13.3. The third-order valence-corrected chi connectivity index (χ3v) is 2.21. The maximum Gasteiger partial charge on any atom is 0.124 e. The van der Waals surface area contributed by atoms with Crippen molar-refractivity contribution in [2.24, 2.45) is 5.73 Å². The minimum atomic E-state index is -0.268. The Kier molecular flexibility index (Phi) is 3.00. The van der Waals surface area contributed by atoms with Crippen LogP contribution in [-0.2, 0) is 0 Å². The normalized spacial score (nSPS) is 9.92. The first kappa shape index (κ1) is 9.42. The molecule has 0 spiro atoms. The summed E-state index contributed by atoms with van der Waals surface area (Å²) in [5.74, 6) is -0.268. The highest BCUT2D eigenvalue weighted by Gasteiger charge is 2.02. The molecule has 3 heteroatoms. The van der Waals surface area contributed by atoms with Gasteiger partial charge in [-0.3, -0.25) is 0 Å². The van der Waals surface area contributed by atoms with Crippen LogP contribution in [0.4, 0.5) is 4.39 Å². The van der Waals surface area contributed by atoms with Gasteiger partial charge < -0.3 is 5.73 Å². The first-order valence-corrected chi connectivity index (χ1v) is 4.27. The fraction of sp³-hybridized carbons (Fsp3) is 0.111. The Hall–Kier alpha value is -0.670. The molecule has 0 aliphatic heterocycles. The molecular formula is C9H9BrFN. The van der Waals surface area contributed by atoms with Crippen LogP contribution in [0.15, 0.2) is 29.3 Å². The quantitative estimate of drug-likeness (QED) is 0.830. The molecule has 0 unspecified atom stereocenters. The summed E-state index contributed by atoms with van der Waals surface area (Å²) >= 11 is 3.23. The fourth-order valence-electron chi connectivity index (χ4n) is 0.886. The van der Waals surface area contributed by atoms with Crippen molar-refractivity contribution in [2.45, 2.75) is 0 Å². The van der Waals surface area contributed by atoms with Crippen molar-refractivity contribution in [3.63, 3.8) is 0 Å². The van der Waals surface area contributed by atoms with E-state index < -0.39 is 0 Å². The van der Waals surface area contributed by atoms with Crippen molar-refractivity contribution in [1.29, 1.82) is 0 Å². The zero-order chi connectivity index (χ0) is 9.14. The van der Waals surface area contributed by atoms with Crippen molar-refractivity contribution >= 4 is 21.5 Å². The van der Waals surface area contributed by atoms with Crippen LogP contribution in [-0.4, -0.2) is 6.54 Å². The molecule has 1 aromatic carbocycles. The van der Waals surface area contributed by atoms with Gasteiger partial charge in [-0.25, -0.2) is 4.39 Å². The van der Waals surface area contributed by atoms with Crippen molar-refractivity contribution in [3.05, 3.63) is 40.6 Å². The van der Waals surface area contributed by atoms with Crippen LogP contribution in [0, 0.1) is 5.82 Å². The topological polar surface area (TPSA) is 26.0 Å². The van der Waals surface area contributed by atoms with E-state index >= 15 is 0 Å². The molecule has 0 fully saturated rings. The predicted octanol–water partition coefficient (Wildman–Crippen LogP) is 2.56. The third kappa shape index (κ3) is 1.93. The summed E-state index contributed by atoms with van der Waals surface area (Å²) in [6.07, 6.45) is 0. The van der Waals surface area contributed by atoms with Gasteiger partial charge in [0.05, 0.1) is 0 Å². The standard InChI is InChI=1S/C9H9BrFN/c1-6(5-12)8-3-2-7(11)4-9(8)10/h2-4H,1,5,12H2. The Morgan fingerprint density at radius 3 is 2.75 bits per heavy atom. The summed E-state index contributed by atoms with van der Waals surface area (Å²) in [6.45, 7) is 4.14. The van der Waals surface area contributed by atoms with Crippen LogP contribution in [0.3, 0.4) is 0 Å². The van der Waals surface area contributed by atoms with Gasteiger partial charge in [-0.05, 0) is 23.3 Å².